The van der Waals surface area contributed by atoms with Gasteiger partial charge in [-0.25, -0.2) is 0 Å². The van der Waals surface area contributed by atoms with Crippen molar-refractivity contribution >= 4 is 10.9 Å². The lowest BCUT2D eigenvalue weighted by atomic mass is 10.2. The number of rotatable bonds is 1. The van der Waals surface area contributed by atoms with Crippen LogP contribution in [0.2, 0.25) is 0 Å². The van der Waals surface area contributed by atoms with Crippen molar-refractivity contribution in [1.82, 2.24) is 0 Å². The number of hydrogen-bond donors (Lipinski definition) is 0. The molecule has 0 saturated carbocycles. The van der Waals surface area contributed by atoms with Crippen molar-refractivity contribution in [3.63, 3.8) is 0 Å². The van der Waals surface area contributed by atoms with Gasteiger partial charge in [0.05, 0.1) is 5.39 Å². The largest absolute Gasteiger partial charge is 0.274 e. The van der Waals surface area contributed by atoms with E-state index in [1.807, 2.05) is 30.5 Å². The van der Waals surface area contributed by atoms with Crippen LogP contribution < -0.4 is 9.57 Å². The molecule has 2 aromatic rings. The first-order valence-corrected chi connectivity index (χ1v) is 3.86. The highest BCUT2D eigenvalue weighted by atomic mass is 16.6. The summed E-state index contributed by atoms with van der Waals surface area (Å²) in [5.74, 6) is 0. The van der Waals surface area contributed by atoms with E-state index in [4.69, 9.17) is 4.84 Å². The Balaban J connectivity index is 2.79. The molecule has 0 unspecified atom stereocenters. The van der Waals surface area contributed by atoms with Gasteiger partial charge in [0, 0.05) is 16.9 Å². The zero-order valence-electron chi connectivity index (χ0n) is 6.90. The first-order valence-electron chi connectivity index (χ1n) is 3.86. The van der Waals surface area contributed by atoms with Crippen molar-refractivity contribution in [2.24, 2.45) is 0 Å². The Morgan fingerprint density at radius 1 is 1.08 bits per heavy atom. The number of fused-ring (bicyclic) bond motifs is 1. The normalized spacial score (nSPS) is 10.1. The molecule has 1 aromatic heterocycles. The highest BCUT2D eigenvalue weighted by Gasteiger charge is 2.05. The summed E-state index contributed by atoms with van der Waals surface area (Å²) in [7, 11) is 1.66. The Kier molecular flexibility index (Phi) is 1.67. The molecule has 0 amide bonds. The second kappa shape index (κ2) is 2.81. The molecule has 0 radical (unpaired) electrons. The van der Waals surface area contributed by atoms with Gasteiger partial charge in [0.2, 0.25) is 6.20 Å². The van der Waals surface area contributed by atoms with E-state index < -0.39 is 0 Å². The average molecular weight is 160 g/mol. The fourth-order valence-electron chi connectivity index (χ4n) is 1.29. The maximum Gasteiger partial charge on any atom is 0.264 e. The van der Waals surface area contributed by atoms with Gasteiger partial charge in [-0.15, -0.1) is 0 Å². The SMILES string of the molecule is CO[n+]1cccc2ccccc21. The van der Waals surface area contributed by atoms with E-state index in [2.05, 4.69) is 12.1 Å². The minimum atomic E-state index is 1.09. The molecular weight excluding hydrogens is 150 g/mol. The predicted octanol–water partition coefficient (Wildman–Crippen LogP) is 1.19. The van der Waals surface area contributed by atoms with Crippen LogP contribution in [0.3, 0.4) is 0 Å². The molecule has 2 heteroatoms. The highest BCUT2D eigenvalue weighted by Crippen LogP contribution is 2.06. The Morgan fingerprint density at radius 3 is 2.67 bits per heavy atom. The van der Waals surface area contributed by atoms with Crippen molar-refractivity contribution in [2.45, 2.75) is 0 Å². The fourth-order valence-corrected chi connectivity index (χ4v) is 1.29. The van der Waals surface area contributed by atoms with Gasteiger partial charge in [-0.05, 0) is 12.1 Å². The van der Waals surface area contributed by atoms with Gasteiger partial charge < -0.3 is 0 Å². The lowest BCUT2D eigenvalue weighted by Crippen LogP contribution is -2.40. The van der Waals surface area contributed by atoms with Gasteiger partial charge in [-0.1, -0.05) is 12.1 Å². The third-order valence-corrected chi connectivity index (χ3v) is 1.87. The zero-order valence-corrected chi connectivity index (χ0v) is 6.90. The van der Waals surface area contributed by atoms with E-state index in [-0.39, 0.29) is 0 Å². The van der Waals surface area contributed by atoms with Gasteiger partial charge in [0.15, 0.2) is 0 Å². The molecule has 0 aliphatic heterocycles. The summed E-state index contributed by atoms with van der Waals surface area (Å²) < 4.78 is 1.75. The number of pyridine rings is 1. The Hall–Kier alpha value is -1.57. The van der Waals surface area contributed by atoms with E-state index in [1.165, 1.54) is 5.39 Å². The van der Waals surface area contributed by atoms with E-state index in [0.717, 1.165) is 5.52 Å². The van der Waals surface area contributed by atoms with Crippen molar-refractivity contribution < 1.29 is 9.57 Å². The molecule has 0 fully saturated rings. The van der Waals surface area contributed by atoms with E-state index in [1.54, 1.807) is 11.8 Å². The molecule has 0 bridgehead atoms. The maximum atomic E-state index is 5.14. The van der Waals surface area contributed by atoms with Crippen LogP contribution in [0.4, 0.5) is 0 Å². The van der Waals surface area contributed by atoms with Gasteiger partial charge >= 0.3 is 0 Å². The molecule has 2 rings (SSSR count). The number of benzene rings is 1. The third kappa shape index (κ3) is 1.01. The Bertz CT molecular complexity index is 392. The summed E-state index contributed by atoms with van der Waals surface area (Å²) in [6, 6.07) is 12.1. The van der Waals surface area contributed by atoms with Crippen LogP contribution in [0.15, 0.2) is 42.6 Å². The van der Waals surface area contributed by atoms with Crippen molar-refractivity contribution in [3.8, 4) is 0 Å². The summed E-state index contributed by atoms with van der Waals surface area (Å²) in [4.78, 5) is 5.14. The second-order valence-electron chi connectivity index (χ2n) is 2.58. The molecule has 0 spiro atoms. The lowest BCUT2D eigenvalue weighted by Gasteiger charge is -1.94. The summed E-state index contributed by atoms with van der Waals surface area (Å²) in [6.07, 6.45) is 1.89. The first kappa shape index (κ1) is 7.10. The predicted molar refractivity (Wildman–Crippen MR) is 46.6 cm³/mol. The van der Waals surface area contributed by atoms with Gasteiger partial charge in [0.25, 0.3) is 5.52 Å². The first-order chi connectivity index (χ1) is 5.92. The number of para-hydroxylation sites is 1. The van der Waals surface area contributed by atoms with Crippen LogP contribution in [0.25, 0.3) is 10.9 Å². The maximum absolute atomic E-state index is 5.14. The monoisotopic (exact) mass is 160 g/mol. The van der Waals surface area contributed by atoms with Crippen LogP contribution in [-0.2, 0) is 0 Å². The van der Waals surface area contributed by atoms with Crippen LogP contribution in [-0.4, -0.2) is 7.11 Å². The standard InChI is InChI=1S/C10H10NO/c1-12-11-8-4-6-9-5-2-3-7-10(9)11/h2-8H,1H3/q+1. The molecule has 0 aliphatic carbocycles. The minimum Gasteiger partial charge on any atom is -0.274 e. The molecule has 0 saturated heterocycles. The van der Waals surface area contributed by atoms with Gasteiger partial charge in [-0.2, -0.15) is 0 Å². The van der Waals surface area contributed by atoms with Crippen molar-refractivity contribution in [3.05, 3.63) is 42.6 Å². The summed E-state index contributed by atoms with van der Waals surface area (Å²) in [6.45, 7) is 0. The quantitative estimate of drug-likeness (QED) is 0.571. The highest BCUT2D eigenvalue weighted by molar-refractivity contribution is 5.74. The molecule has 0 N–H and O–H groups in total. The second-order valence-corrected chi connectivity index (χ2v) is 2.58. The molecule has 2 nitrogen and oxygen atoms in total. The van der Waals surface area contributed by atoms with E-state index in [0.29, 0.717) is 0 Å². The van der Waals surface area contributed by atoms with Crippen molar-refractivity contribution in [1.29, 1.82) is 0 Å². The van der Waals surface area contributed by atoms with Crippen LogP contribution in [0.1, 0.15) is 0 Å². The molecule has 0 atom stereocenters. The molecule has 1 aromatic carbocycles. The Morgan fingerprint density at radius 2 is 1.83 bits per heavy atom. The summed E-state index contributed by atoms with van der Waals surface area (Å²) in [5.41, 5.74) is 1.09. The molecule has 0 aliphatic rings. The lowest BCUT2D eigenvalue weighted by molar-refractivity contribution is -0.865. The van der Waals surface area contributed by atoms with E-state index in [9.17, 15) is 0 Å². The van der Waals surface area contributed by atoms with E-state index >= 15 is 0 Å². The summed E-state index contributed by atoms with van der Waals surface area (Å²) in [5, 5.41) is 1.18. The van der Waals surface area contributed by atoms with Crippen molar-refractivity contribution in [2.75, 3.05) is 7.11 Å². The molecule has 12 heavy (non-hydrogen) atoms. The zero-order chi connectivity index (χ0) is 8.39. The topological polar surface area (TPSA) is 13.1 Å². The average Bonchev–Trinajstić information content (AvgIpc) is 2.17. The smallest absolute Gasteiger partial charge is 0.264 e. The summed E-state index contributed by atoms with van der Waals surface area (Å²) >= 11 is 0. The minimum absolute atomic E-state index is 1.09. The number of aromatic nitrogens is 1. The van der Waals surface area contributed by atoms with Crippen LogP contribution >= 0.6 is 0 Å². The Labute approximate surface area is 71.0 Å². The third-order valence-electron chi connectivity index (χ3n) is 1.87. The van der Waals surface area contributed by atoms with Crippen LogP contribution in [0.5, 0.6) is 0 Å². The molecule has 60 valence electrons. The fraction of sp³-hybridized carbons (Fsp3) is 0.100. The van der Waals surface area contributed by atoms with Gasteiger partial charge in [-0.3, -0.25) is 4.84 Å². The van der Waals surface area contributed by atoms with Gasteiger partial charge in [0.1, 0.15) is 7.11 Å². The number of hydrogen-bond acceptors (Lipinski definition) is 1. The molecule has 1 heterocycles. The van der Waals surface area contributed by atoms with Crippen LogP contribution in [0, 0.1) is 0 Å². The molecular formula is C10H10NO+. The number of nitrogens with zero attached hydrogens (tertiary/aromatic N) is 1.